The van der Waals surface area contributed by atoms with Crippen molar-refractivity contribution in [2.24, 2.45) is 0 Å². The number of benzene rings is 3. The first kappa shape index (κ1) is 32.2. The van der Waals surface area contributed by atoms with E-state index in [-0.39, 0.29) is 24.1 Å². The number of hydrogen-bond donors (Lipinski definition) is 0. The van der Waals surface area contributed by atoms with Crippen LogP contribution in [0, 0.1) is 6.92 Å². The summed E-state index contributed by atoms with van der Waals surface area (Å²) in [6.07, 6.45) is 0. The molecule has 1 saturated heterocycles. The normalized spacial score (nSPS) is 18.2. The summed E-state index contributed by atoms with van der Waals surface area (Å²) in [5, 5.41) is -0.00460. The molecule has 9 nitrogen and oxygen atoms in total. The number of amides is 3. The number of hydrogen-bond acceptors (Lipinski definition) is 7. The number of likely N-dealkylation sites (tertiary alicyclic amines) is 1. The summed E-state index contributed by atoms with van der Waals surface area (Å²) in [5.41, 5.74) is 2.85. The Bertz CT molecular complexity index is 1580. The van der Waals surface area contributed by atoms with E-state index in [0.717, 1.165) is 10.5 Å². The maximum Gasteiger partial charge on any atom is 0.262 e. The quantitative estimate of drug-likeness (QED) is 0.142. The van der Waals surface area contributed by atoms with Crippen LogP contribution in [0.25, 0.3) is 0 Å². The van der Waals surface area contributed by atoms with Gasteiger partial charge in [-0.15, -0.1) is 0 Å². The third-order valence-electron chi connectivity index (χ3n) is 9.29. The second-order valence-electron chi connectivity index (χ2n) is 13.0. The number of imide groups is 1. The summed E-state index contributed by atoms with van der Waals surface area (Å²) in [5.74, 6) is 0.167. The van der Waals surface area contributed by atoms with Crippen LogP contribution in [0.1, 0.15) is 64.2 Å². The fourth-order valence-electron chi connectivity index (χ4n) is 5.81. The number of carbonyl (C=O) groups is 3. The molecule has 10 heteroatoms. The highest BCUT2D eigenvalue weighted by atomic mass is 28.4. The first-order chi connectivity index (χ1) is 21.3. The van der Waals surface area contributed by atoms with Crippen LogP contribution >= 0.6 is 0 Å². The molecule has 0 aliphatic carbocycles. The molecule has 2 aliphatic rings. The van der Waals surface area contributed by atoms with Crippen molar-refractivity contribution in [1.82, 2.24) is 9.80 Å². The summed E-state index contributed by atoms with van der Waals surface area (Å²) in [4.78, 5) is 44.0. The third-order valence-corrected chi connectivity index (χ3v) is 13.8. The number of carbonyl (C=O) groups excluding carboxylic acids is 3. The molecule has 2 aliphatic heterocycles. The van der Waals surface area contributed by atoms with Crippen LogP contribution in [0.4, 0.5) is 0 Å². The molecule has 0 bridgehead atoms. The molecule has 0 spiro atoms. The van der Waals surface area contributed by atoms with Gasteiger partial charge in [0.15, 0.2) is 19.8 Å². The Morgan fingerprint density at radius 3 is 1.96 bits per heavy atom. The number of nitrogens with zero attached hydrogens (tertiary/aromatic N) is 2. The van der Waals surface area contributed by atoms with Gasteiger partial charge < -0.3 is 23.5 Å². The Labute approximate surface area is 266 Å². The van der Waals surface area contributed by atoms with E-state index in [1.54, 1.807) is 49.5 Å². The number of ether oxygens (including phenoxy) is 3. The molecule has 5 rings (SSSR count). The molecule has 2 heterocycles. The fourth-order valence-corrected chi connectivity index (χ4v) is 6.84. The van der Waals surface area contributed by atoms with Gasteiger partial charge in [0.1, 0.15) is 18.4 Å². The summed E-state index contributed by atoms with van der Waals surface area (Å²) in [7, 11) is 1.02. The average Bonchev–Trinajstić information content (AvgIpc) is 3.25. The van der Waals surface area contributed by atoms with Crippen molar-refractivity contribution in [3.05, 3.63) is 88.5 Å². The standard InChI is InChI=1S/C35H42N2O7Si/c1-22-30(41-5)26(20-27(31(22)42-6)43-21-23-14-10-9-11-15-23)28-29(37-32(38)24-16-12-13-17-25(24)33(37)39)34(40)36(28)18-19-44-45(7,8)35(2,3)4/h9-17,20,28-29H,18-19,21H2,1-8H3/t28-,29+/m1/s1. The lowest BCUT2D eigenvalue weighted by Gasteiger charge is -2.50. The van der Waals surface area contributed by atoms with Gasteiger partial charge in [0.2, 0.25) is 5.91 Å². The van der Waals surface area contributed by atoms with Gasteiger partial charge in [-0.25, -0.2) is 0 Å². The molecule has 2 atom stereocenters. The Morgan fingerprint density at radius 1 is 0.822 bits per heavy atom. The summed E-state index contributed by atoms with van der Waals surface area (Å²) < 4.78 is 24.4. The van der Waals surface area contributed by atoms with Crippen molar-refractivity contribution in [2.75, 3.05) is 27.4 Å². The molecule has 0 N–H and O–H groups in total. The molecule has 0 radical (unpaired) electrons. The van der Waals surface area contributed by atoms with Gasteiger partial charge in [0, 0.05) is 17.7 Å². The van der Waals surface area contributed by atoms with Gasteiger partial charge in [-0.3, -0.25) is 19.3 Å². The Balaban J connectivity index is 1.56. The Morgan fingerprint density at radius 2 is 1.40 bits per heavy atom. The van der Waals surface area contributed by atoms with E-state index < -0.39 is 32.2 Å². The molecule has 3 aromatic carbocycles. The molecule has 0 unspecified atom stereocenters. The van der Waals surface area contributed by atoms with Gasteiger partial charge in [0.25, 0.3) is 11.8 Å². The first-order valence-electron chi connectivity index (χ1n) is 15.2. The van der Waals surface area contributed by atoms with Crippen LogP contribution < -0.4 is 14.2 Å². The predicted octanol–water partition coefficient (Wildman–Crippen LogP) is 6.16. The predicted molar refractivity (Wildman–Crippen MR) is 173 cm³/mol. The van der Waals surface area contributed by atoms with Crippen molar-refractivity contribution >= 4 is 26.0 Å². The Hall–Kier alpha value is -4.15. The topological polar surface area (TPSA) is 94.6 Å². The number of fused-ring (bicyclic) bond motifs is 1. The second-order valence-corrected chi connectivity index (χ2v) is 17.8. The van der Waals surface area contributed by atoms with E-state index in [4.69, 9.17) is 18.6 Å². The number of methoxy groups -OCH3 is 2. The minimum atomic E-state index is -2.10. The van der Waals surface area contributed by atoms with Crippen LogP contribution in [0.15, 0.2) is 60.7 Å². The zero-order chi connectivity index (χ0) is 32.7. The molecule has 238 valence electrons. The first-order valence-corrected chi connectivity index (χ1v) is 18.1. The molecule has 3 aromatic rings. The second kappa shape index (κ2) is 12.3. The van der Waals surface area contributed by atoms with E-state index in [2.05, 4.69) is 33.9 Å². The van der Waals surface area contributed by atoms with E-state index in [9.17, 15) is 14.4 Å². The number of β-lactam (4-membered cyclic amide) rings is 1. The molecular weight excluding hydrogens is 588 g/mol. The van der Waals surface area contributed by atoms with Gasteiger partial charge in [-0.1, -0.05) is 63.2 Å². The lowest BCUT2D eigenvalue weighted by Crippen LogP contribution is -2.67. The smallest absolute Gasteiger partial charge is 0.262 e. The van der Waals surface area contributed by atoms with Crippen LogP contribution in [0.2, 0.25) is 18.1 Å². The van der Waals surface area contributed by atoms with Crippen molar-refractivity contribution < 1.29 is 33.0 Å². The lowest BCUT2D eigenvalue weighted by atomic mass is 9.85. The third kappa shape index (κ3) is 5.73. The SMILES string of the molecule is COc1c(OCc2ccccc2)cc([C@@H]2[C@H](N3C(=O)c4ccccc4C3=O)C(=O)N2CCO[Si](C)(C)C(C)(C)C)c(OC)c1C. The van der Waals surface area contributed by atoms with Crippen molar-refractivity contribution in [3.63, 3.8) is 0 Å². The van der Waals surface area contributed by atoms with E-state index in [1.807, 2.05) is 37.3 Å². The minimum Gasteiger partial charge on any atom is -0.496 e. The average molecular weight is 631 g/mol. The largest absolute Gasteiger partial charge is 0.496 e. The van der Waals surface area contributed by atoms with Crippen molar-refractivity contribution in [2.45, 2.75) is 64.5 Å². The fraction of sp³-hybridized carbons (Fsp3) is 0.400. The Kier molecular flexibility index (Phi) is 8.83. The lowest BCUT2D eigenvalue weighted by molar-refractivity contribution is -0.157. The minimum absolute atomic E-state index is 0.00460. The van der Waals surface area contributed by atoms with Crippen LogP contribution in [-0.4, -0.2) is 69.3 Å². The van der Waals surface area contributed by atoms with Crippen molar-refractivity contribution in [3.8, 4) is 17.2 Å². The molecule has 3 amide bonds. The van der Waals surface area contributed by atoms with Crippen LogP contribution in [0.5, 0.6) is 17.2 Å². The van der Waals surface area contributed by atoms with Crippen LogP contribution in [0.3, 0.4) is 0 Å². The maximum absolute atomic E-state index is 14.0. The monoisotopic (exact) mass is 630 g/mol. The highest BCUT2D eigenvalue weighted by molar-refractivity contribution is 6.74. The molecule has 45 heavy (non-hydrogen) atoms. The van der Waals surface area contributed by atoms with E-state index in [0.29, 0.717) is 46.1 Å². The van der Waals surface area contributed by atoms with Gasteiger partial charge in [-0.2, -0.15) is 0 Å². The summed E-state index contributed by atoms with van der Waals surface area (Å²) in [6, 6.07) is 16.5. The summed E-state index contributed by atoms with van der Waals surface area (Å²) in [6.45, 7) is 13.6. The molecule has 0 aromatic heterocycles. The van der Waals surface area contributed by atoms with Gasteiger partial charge in [0.05, 0.1) is 38.0 Å². The maximum atomic E-state index is 14.0. The van der Waals surface area contributed by atoms with Gasteiger partial charge in [-0.05, 0) is 48.8 Å². The molecular formula is C35H42N2O7Si. The van der Waals surface area contributed by atoms with Gasteiger partial charge >= 0.3 is 0 Å². The zero-order valence-electron chi connectivity index (χ0n) is 27.3. The molecule has 0 saturated carbocycles. The van der Waals surface area contributed by atoms with E-state index >= 15 is 0 Å². The van der Waals surface area contributed by atoms with Crippen LogP contribution in [-0.2, 0) is 15.8 Å². The molecule has 1 fully saturated rings. The zero-order valence-corrected chi connectivity index (χ0v) is 28.3. The number of rotatable bonds is 11. The highest BCUT2D eigenvalue weighted by Crippen LogP contribution is 2.49. The highest BCUT2D eigenvalue weighted by Gasteiger charge is 2.57. The van der Waals surface area contributed by atoms with Crippen molar-refractivity contribution in [1.29, 1.82) is 0 Å². The van der Waals surface area contributed by atoms with E-state index in [1.165, 1.54) is 0 Å². The summed E-state index contributed by atoms with van der Waals surface area (Å²) >= 11 is 0.